The number of carbonyl (C=O) groups is 9. The molecule has 0 saturated carbocycles. The Bertz CT molecular complexity index is 3210. The smallest absolute Gasteiger partial charge is 0.491 e. The summed E-state index contributed by atoms with van der Waals surface area (Å²) in [6, 6.07) is 18.6. The number of amides is 7. The van der Waals surface area contributed by atoms with Crippen molar-refractivity contribution in [2.75, 3.05) is 54.0 Å². The van der Waals surface area contributed by atoms with E-state index in [1.165, 1.54) is 35.9 Å². The number of nitrogens with one attached hydrogen (secondary N) is 4. The van der Waals surface area contributed by atoms with Gasteiger partial charge in [0.25, 0.3) is 5.91 Å². The Balaban J connectivity index is 1.65. The lowest BCUT2D eigenvalue weighted by molar-refractivity contribution is -0.145. The summed E-state index contributed by atoms with van der Waals surface area (Å²) in [6.45, 7) is 24.4. The fourth-order valence-electron chi connectivity index (χ4n) is 9.42. The van der Waals surface area contributed by atoms with E-state index >= 15 is 9.59 Å². The van der Waals surface area contributed by atoms with Gasteiger partial charge < -0.3 is 69.1 Å². The molecule has 0 radical (unpaired) electrons. The van der Waals surface area contributed by atoms with Crippen LogP contribution in [0.2, 0.25) is 0 Å². The highest BCUT2D eigenvalue weighted by Gasteiger charge is 2.37. The first-order valence-corrected chi connectivity index (χ1v) is 30.5. The molecule has 0 saturated heterocycles. The van der Waals surface area contributed by atoms with Gasteiger partial charge >= 0.3 is 30.4 Å². The van der Waals surface area contributed by atoms with E-state index in [4.69, 9.17) is 33.2 Å². The first-order chi connectivity index (χ1) is 42.4. The summed E-state index contributed by atoms with van der Waals surface area (Å²) in [7, 11) is 4.13. The van der Waals surface area contributed by atoms with E-state index in [2.05, 4.69) is 21.3 Å². The van der Waals surface area contributed by atoms with Crippen LogP contribution in [0.1, 0.15) is 149 Å². The zero-order chi connectivity index (χ0) is 67.8. The minimum absolute atomic E-state index is 0.0331. The largest absolute Gasteiger partial charge is 0.514 e. The number of aryl methyl sites for hydroxylation is 1. The summed E-state index contributed by atoms with van der Waals surface area (Å²) in [6.07, 6.45) is -2.03. The maximum absolute atomic E-state index is 15.4. The van der Waals surface area contributed by atoms with Gasteiger partial charge in [0, 0.05) is 56.8 Å². The van der Waals surface area contributed by atoms with Crippen LogP contribution in [0.25, 0.3) is 22.3 Å². The van der Waals surface area contributed by atoms with E-state index in [0.717, 1.165) is 28.7 Å². The van der Waals surface area contributed by atoms with Gasteiger partial charge in [-0.2, -0.15) is 0 Å². The van der Waals surface area contributed by atoms with Crippen LogP contribution in [-0.4, -0.2) is 163 Å². The Hall–Kier alpha value is -8.89. The molecule has 4 aromatic rings. The molecule has 4 aromatic carbocycles. The zero-order valence-electron chi connectivity index (χ0n) is 55.8. The van der Waals surface area contributed by atoms with Crippen molar-refractivity contribution in [1.29, 1.82) is 0 Å². The fraction of sp³-hybridized carbons (Fsp3) is 0.515. The number of unbranched alkanes of at least 4 members (excludes halogenated alkanes) is 1. The number of nitrogens with zero attached hydrogens (tertiary/aromatic N) is 3. The third-order valence-electron chi connectivity index (χ3n) is 13.8. The van der Waals surface area contributed by atoms with Gasteiger partial charge in [-0.15, -0.1) is 0 Å². The van der Waals surface area contributed by atoms with Crippen LogP contribution < -0.4 is 30.7 Å². The molecule has 0 aliphatic carbocycles. The van der Waals surface area contributed by atoms with Crippen LogP contribution >= 0.6 is 0 Å². The highest BCUT2D eigenvalue weighted by molar-refractivity contribution is 5.99. The molecular formula is C68H93N7O16. The van der Waals surface area contributed by atoms with Crippen LogP contribution in [0.5, 0.6) is 11.5 Å². The standard InChI is InChI=1S/C68H93N7O16/c1-42-22-25-45(26-23-42)46-27-29-47(30-28-46)57(77)71-51(21-18-19-34-69-61(81)88-65(3,4)5)59(79)74(16)55-48-31-33-53(86-38-37-75(63(83)90-67(9,10)11)36-20-35-73(15)62(82)89-66(6,7)8)50(41-48)49-39-44(24-32-54(49)87-64(84)91-68(12,13)14)40-52(60(80)85-17)72-56(76)43(2)70-58(55)78/h22-33,39,41,43,51-52,55H,18-21,34-38,40H2,1-17H3,(H,69,81)(H,70,78)(H,71,77)(H,72,76)/t43-,51-,52-,55-/m0/s1. The molecule has 0 aromatic heterocycles. The lowest BCUT2D eigenvalue weighted by Crippen LogP contribution is -2.55. The topological polar surface area (TPSA) is 276 Å². The van der Waals surface area contributed by atoms with Crippen molar-refractivity contribution in [3.05, 3.63) is 107 Å². The third kappa shape index (κ3) is 23.5. The van der Waals surface area contributed by atoms with Gasteiger partial charge in [0.2, 0.25) is 17.7 Å². The SMILES string of the molecule is COC(=O)[C@@H]1Cc2ccc(OC(=O)OC(C)(C)C)c(c2)-c2cc(ccc2OCCN(CCCN(C)C(=O)OC(C)(C)C)C(=O)OC(C)(C)C)[C@H](N(C)C(=O)[C@H](CCCCNC(=O)OC(C)(C)C)NC(=O)c2ccc(-c3ccc(C)cc3)cc2)C(=O)N[C@@H](C)C(=O)N1. The molecule has 4 atom stereocenters. The van der Waals surface area contributed by atoms with Gasteiger partial charge in [-0.3, -0.25) is 19.2 Å². The zero-order valence-corrected chi connectivity index (χ0v) is 55.8. The van der Waals surface area contributed by atoms with E-state index in [-0.39, 0.29) is 79.4 Å². The summed E-state index contributed by atoms with van der Waals surface area (Å²) in [5, 5.41) is 11.1. The second-order valence-electron chi connectivity index (χ2n) is 26.5. The van der Waals surface area contributed by atoms with Crippen molar-refractivity contribution < 1.29 is 76.3 Å². The average Bonchev–Trinajstić information content (AvgIpc) is 0.809. The van der Waals surface area contributed by atoms with Gasteiger partial charge in [-0.1, -0.05) is 54.1 Å². The highest BCUT2D eigenvalue weighted by atomic mass is 16.7. The van der Waals surface area contributed by atoms with Crippen LogP contribution in [-0.2, 0) is 49.3 Å². The number of rotatable bonds is 20. The first kappa shape index (κ1) is 72.9. The minimum Gasteiger partial charge on any atom is -0.491 e. The second-order valence-corrected chi connectivity index (χ2v) is 26.5. The van der Waals surface area contributed by atoms with Gasteiger partial charge in [0.15, 0.2) is 0 Å². The molecule has 4 N–H and O–H groups in total. The summed E-state index contributed by atoms with van der Waals surface area (Å²) in [4.78, 5) is 129. The van der Waals surface area contributed by atoms with Crippen LogP contribution in [0, 0.1) is 6.92 Å². The predicted molar refractivity (Wildman–Crippen MR) is 342 cm³/mol. The van der Waals surface area contributed by atoms with Crippen molar-refractivity contribution >= 4 is 54.0 Å². The summed E-state index contributed by atoms with van der Waals surface area (Å²) < 4.78 is 40.0. The van der Waals surface area contributed by atoms with Crippen molar-refractivity contribution in [3.63, 3.8) is 0 Å². The molecule has 4 bridgehead atoms. The van der Waals surface area contributed by atoms with E-state index in [0.29, 0.717) is 24.8 Å². The monoisotopic (exact) mass is 1260 g/mol. The minimum atomic E-state index is -1.59. The predicted octanol–water partition coefficient (Wildman–Crippen LogP) is 10.2. The number of benzene rings is 4. The second kappa shape index (κ2) is 31.7. The number of fused-ring (bicyclic) bond motifs is 5. The summed E-state index contributed by atoms with van der Waals surface area (Å²) in [5.41, 5.74) is 0.731. The van der Waals surface area contributed by atoms with Crippen molar-refractivity contribution in [2.24, 2.45) is 0 Å². The number of methoxy groups -OCH3 is 1. The Kier molecular flexibility index (Phi) is 25.4. The van der Waals surface area contributed by atoms with Crippen LogP contribution in [0.15, 0.2) is 84.9 Å². The van der Waals surface area contributed by atoms with Crippen molar-refractivity contribution in [2.45, 2.75) is 176 Å². The molecule has 0 spiro atoms. The molecule has 0 unspecified atom stereocenters. The number of esters is 1. The molecule has 496 valence electrons. The van der Waals surface area contributed by atoms with Crippen LogP contribution in [0.3, 0.4) is 0 Å². The molecule has 0 fully saturated rings. The molecule has 23 nitrogen and oxygen atoms in total. The molecule has 23 heteroatoms. The Morgan fingerprint density at radius 1 is 0.637 bits per heavy atom. The molecule has 5 rings (SSSR count). The Morgan fingerprint density at radius 3 is 1.82 bits per heavy atom. The number of ether oxygens (including phenoxy) is 7. The molecule has 7 amide bonds. The quantitative estimate of drug-likeness (QED) is 0.0277. The highest BCUT2D eigenvalue weighted by Crippen LogP contribution is 2.41. The summed E-state index contributed by atoms with van der Waals surface area (Å²) >= 11 is 0. The fourth-order valence-corrected chi connectivity index (χ4v) is 9.42. The molecule has 1 heterocycles. The number of likely N-dealkylation sites (N-methyl/N-ethyl adjacent to an activating group) is 1. The molecule has 1 aliphatic heterocycles. The maximum Gasteiger partial charge on any atom is 0.514 e. The Morgan fingerprint density at radius 2 is 1.22 bits per heavy atom. The lowest BCUT2D eigenvalue weighted by Gasteiger charge is -2.33. The molecular weight excluding hydrogens is 1170 g/mol. The normalized spacial score (nSPS) is 15.6. The number of alkyl carbamates (subject to hydrolysis) is 1. The van der Waals surface area contributed by atoms with Crippen LogP contribution in [0.4, 0.5) is 19.2 Å². The first-order valence-electron chi connectivity index (χ1n) is 30.5. The lowest BCUT2D eigenvalue weighted by atomic mass is 9.93. The molecule has 1 aliphatic rings. The van der Waals surface area contributed by atoms with Crippen molar-refractivity contribution in [1.82, 2.24) is 36.0 Å². The van der Waals surface area contributed by atoms with Gasteiger partial charge in [-0.25, -0.2) is 24.0 Å². The Labute approximate surface area is 534 Å². The maximum atomic E-state index is 15.4. The number of hydrogen-bond acceptors (Lipinski definition) is 16. The number of carbonyl (C=O) groups excluding carboxylic acids is 9. The van der Waals surface area contributed by atoms with Gasteiger partial charge in [-0.05, 0) is 181 Å². The van der Waals surface area contributed by atoms with Gasteiger partial charge in [0.1, 0.15) is 64.7 Å². The van der Waals surface area contributed by atoms with E-state index in [1.807, 2.05) is 31.2 Å². The number of hydrogen-bond donors (Lipinski definition) is 4. The van der Waals surface area contributed by atoms with E-state index in [1.54, 1.807) is 139 Å². The van der Waals surface area contributed by atoms with Crippen molar-refractivity contribution in [3.8, 4) is 33.8 Å². The summed E-state index contributed by atoms with van der Waals surface area (Å²) in [5.74, 6) is -3.67. The van der Waals surface area contributed by atoms with Gasteiger partial charge in [0.05, 0.1) is 13.7 Å². The van der Waals surface area contributed by atoms with E-state index < -0.39 is 101 Å². The molecule has 91 heavy (non-hydrogen) atoms. The van der Waals surface area contributed by atoms with E-state index in [9.17, 15) is 33.6 Å². The third-order valence-corrected chi connectivity index (χ3v) is 13.8. The average molecular weight is 1260 g/mol.